The maximum Gasteiger partial charge on any atom is 0.307 e. The first kappa shape index (κ1) is 33.5. The lowest BCUT2D eigenvalue weighted by molar-refractivity contribution is -0.140. The zero-order valence-corrected chi connectivity index (χ0v) is 22.5. The summed E-state index contributed by atoms with van der Waals surface area (Å²) in [6, 6.07) is 0. The molecule has 1 atom stereocenters. The van der Waals surface area contributed by atoms with Crippen molar-refractivity contribution in [3.05, 3.63) is 59.8 Å². The van der Waals surface area contributed by atoms with Crippen LogP contribution in [0.15, 0.2) is 59.8 Å². The van der Waals surface area contributed by atoms with Crippen molar-refractivity contribution in [1.82, 2.24) is 0 Å². The highest BCUT2D eigenvalue weighted by atomic mass is 16.5. The zero-order chi connectivity index (χ0) is 28.1. The van der Waals surface area contributed by atoms with Crippen molar-refractivity contribution in [1.29, 1.82) is 0 Å². The first-order valence-corrected chi connectivity index (χ1v) is 12.2. The van der Waals surface area contributed by atoms with Crippen LogP contribution in [-0.4, -0.2) is 42.2 Å². The lowest BCUT2D eigenvalue weighted by atomic mass is 9.95. The monoisotopic (exact) mass is 520 g/mol. The van der Waals surface area contributed by atoms with E-state index in [1.54, 1.807) is 12.2 Å². The number of allylic oxidation sites excluding steroid dienone is 5. The Morgan fingerprint density at radius 2 is 1.41 bits per heavy atom. The average Bonchev–Trinajstić information content (AvgIpc) is 2.81. The van der Waals surface area contributed by atoms with Crippen LogP contribution in [0.3, 0.4) is 0 Å². The zero-order valence-electron chi connectivity index (χ0n) is 22.5. The fourth-order valence-electron chi connectivity index (χ4n) is 2.99. The number of hydrogen-bond donors (Lipinski definition) is 1. The summed E-state index contributed by atoms with van der Waals surface area (Å²) in [4.78, 5) is 44.1. The lowest BCUT2D eigenvalue weighted by Crippen LogP contribution is -2.06. The number of hydrogen-bond acceptors (Lipinski definition) is 9. The molecule has 0 spiro atoms. The fourth-order valence-corrected chi connectivity index (χ4v) is 2.99. The van der Waals surface area contributed by atoms with Crippen LogP contribution in [0.1, 0.15) is 73.1 Å². The van der Waals surface area contributed by atoms with Crippen LogP contribution in [0.2, 0.25) is 0 Å². The molecule has 0 aromatic rings. The second-order valence-corrected chi connectivity index (χ2v) is 8.47. The van der Waals surface area contributed by atoms with E-state index in [-0.39, 0.29) is 19.1 Å². The first-order valence-electron chi connectivity index (χ1n) is 12.2. The molecule has 9 nitrogen and oxygen atoms in total. The van der Waals surface area contributed by atoms with Crippen molar-refractivity contribution >= 4 is 23.9 Å². The molecule has 0 aliphatic carbocycles. The molecular weight excluding hydrogens is 480 g/mol. The van der Waals surface area contributed by atoms with Crippen molar-refractivity contribution < 1.29 is 43.2 Å². The molecule has 206 valence electrons. The Kier molecular flexibility index (Phi) is 18.8. The number of esters is 4. The third kappa shape index (κ3) is 21.5. The smallest absolute Gasteiger partial charge is 0.307 e. The lowest BCUT2D eigenvalue weighted by Gasteiger charge is -2.13. The number of carbonyl (C=O) groups excluding carboxylic acids is 4. The summed E-state index contributed by atoms with van der Waals surface area (Å²) in [6.07, 6.45) is 15.6. The van der Waals surface area contributed by atoms with E-state index < -0.39 is 23.9 Å². The minimum atomic E-state index is -0.460. The number of carbonyl (C=O) groups is 4. The molecule has 0 heterocycles. The molecule has 1 unspecified atom stereocenters. The predicted octanol–water partition coefficient (Wildman–Crippen LogP) is 4.97. The van der Waals surface area contributed by atoms with Crippen LogP contribution < -0.4 is 0 Å². The summed E-state index contributed by atoms with van der Waals surface area (Å²) in [5.74, 6) is -1.65. The fraction of sp³-hybridized carbons (Fsp3) is 0.500. The highest BCUT2D eigenvalue weighted by molar-refractivity contribution is 5.68. The molecule has 0 aliphatic heterocycles. The van der Waals surface area contributed by atoms with Gasteiger partial charge in [-0.15, -0.1) is 0 Å². The van der Waals surface area contributed by atoms with Gasteiger partial charge in [-0.25, -0.2) is 0 Å². The normalized spacial score (nSPS) is 13.5. The molecular formula is C28H40O9. The topological polar surface area (TPSA) is 125 Å². The van der Waals surface area contributed by atoms with Crippen LogP contribution in [0.25, 0.3) is 0 Å². The summed E-state index contributed by atoms with van der Waals surface area (Å²) in [5.41, 5.74) is 2.39. The van der Waals surface area contributed by atoms with E-state index >= 15 is 0 Å². The highest BCUT2D eigenvalue weighted by Gasteiger charge is 2.08. The van der Waals surface area contributed by atoms with Gasteiger partial charge in [-0.05, 0) is 63.0 Å². The molecule has 0 aliphatic rings. The van der Waals surface area contributed by atoms with Crippen LogP contribution in [0, 0.1) is 5.92 Å². The van der Waals surface area contributed by atoms with Gasteiger partial charge in [0.05, 0.1) is 12.5 Å². The summed E-state index contributed by atoms with van der Waals surface area (Å²) in [5, 5.41) is 9.75. The van der Waals surface area contributed by atoms with Crippen molar-refractivity contribution in [2.45, 2.75) is 73.1 Å². The molecule has 0 aromatic heterocycles. The predicted molar refractivity (Wildman–Crippen MR) is 138 cm³/mol. The van der Waals surface area contributed by atoms with Crippen molar-refractivity contribution in [2.75, 3.05) is 13.2 Å². The SMILES string of the molecule is CC(=O)OC=CC(=COC(C)=O)CCCC(CO)CCC=C(C)CC=CC(=COC(C)=O)COC(C)=O. The van der Waals surface area contributed by atoms with Crippen LogP contribution in [-0.2, 0) is 38.1 Å². The maximum atomic E-state index is 11.1. The summed E-state index contributed by atoms with van der Waals surface area (Å²) in [6.45, 7) is 7.28. The molecule has 0 amide bonds. The number of aliphatic hydroxyl groups is 1. The summed E-state index contributed by atoms with van der Waals surface area (Å²) >= 11 is 0. The van der Waals surface area contributed by atoms with Crippen LogP contribution in [0.4, 0.5) is 0 Å². The molecule has 1 N–H and O–H groups in total. The largest absolute Gasteiger partial charge is 0.461 e. The Bertz CT molecular complexity index is 891. The van der Waals surface area contributed by atoms with E-state index in [0.717, 1.165) is 31.3 Å². The van der Waals surface area contributed by atoms with Gasteiger partial charge >= 0.3 is 23.9 Å². The minimum absolute atomic E-state index is 0.0113. The van der Waals surface area contributed by atoms with Gasteiger partial charge in [-0.1, -0.05) is 23.8 Å². The maximum absolute atomic E-state index is 11.1. The second kappa shape index (κ2) is 20.7. The van der Waals surface area contributed by atoms with Gasteiger partial charge in [0.15, 0.2) is 0 Å². The molecule has 0 radical (unpaired) electrons. The van der Waals surface area contributed by atoms with E-state index in [2.05, 4.69) is 6.08 Å². The molecule has 9 heteroatoms. The minimum Gasteiger partial charge on any atom is -0.461 e. The molecule has 0 saturated carbocycles. The summed E-state index contributed by atoms with van der Waals surface area (Å²) < 4.78 is 19.5. The molecule has 0 saturated heterocycles. The van der Waals surface area contributed by atoms with Crippen molar-refractivity contribution in [3.63, 3.8) is 0 Å². The van der Waals surface area contributed by atoms with E-state index in [1.165, 1.54) is 46.5 Å². The van der Waals surface area contributed by atoms with Crippen molar-refractivity contribution in [3.8, 4) is 0 Å². The molecule has 37 heavy (non-hydrogen) atoms. The van der Waals surface area contributed by atoms with Crippen LogP contribution >= 0.6 is 0 Å². The second-order valence-electron chi connectivity index (χ2n) is 8.47. The number of ether oxygens (including phenoxy) is 4. The Labute approximate surface area is 219 Å². The molecule has 0 rings (SSSR count). The van der Waals surface area contributed by atoms with Gasteiger partial charge in [0.25, 0.3) is 0 Å². The van der Waals surface area contributed by atoms with Gasteiger partial charge < -0.3 is 24.1 Å². The van der Waals surface area contributed by atoms with Gasteiger partial charge in [0, 0.05) is 39.9 Å². The Morgan fingerprint density at radius 3 is 1.97 bits per heavy atom. The van der Waals surface area contributed by atoms with E-state index in [1.807, 2.05) is 13.0 Å². The Morgan fingerprint density at radius 1 is 0.784 bits per heavy atom. The first-order chi connectivity index (χ1) is 17.5. The highest BCUT2D eigenvalue weighted by Crippen LogP contribution is 2.19. The van der Waals surface area contributed by atoms with E-state index in [4.69, 9.17) is 18.9 Å². The Hall–Kier alpha value is -3.46. The average molecular weight is 521 g/mol. The Balaban J connectivity index is 4.71. The van der Waals surface area contributed by atoms with Gasteiger partial charge in [0.2, 0.25) is 0 Å². The van der Waals surface area contributed by atoms with Crippen molar-refractivity contribution in [2.24, 2.45) is 5.92 Å². The molecule has 0 aromatic carbocycles. The van der Waals surface area contributed by atoms with E-state index in [0.29, 0.717) is 24.0 Å². The number of rotatable bonds is 17. The third-order valence-corrected chi connectivity index (χ3v) is 4.89. The number of aliphatic hydroxyl groups excluding tert-OH is 1. The van der Waals surface area contributed by atoms with E-state index in [9.17, 15) is 24.3 Å². The quantitative estimate of drug-likeness (QED) is 0.0930. The molecule has 0 bridgehead atoms. The van der Waals surface area contributed by atoms with Gasteiger partial charge in [-0.2, -0.15) is 0 Å². The van der Waals surface area contributed by atoms with Crippen LogP contribution in [0.5, 0.6) is 0 Å². The summed E-state index contributed by atoms with van der Waals surface area (Å²) in [7, 11) is 0. The van der Waals surface area contributed by atoms with Gasteiger partial charge in [0.1, 0.15) is 12.9 Å². The standard InChI is InChI=1S/C28H40O9/c1-21(10-7-14-28(19-36-24(4)32)20-37-25(5)33)9-6-11-26(17-29)12-8-13-27(18-35-23(3)31)15-16-34-22(2)30/h7,9,14-16,18-19,26,29H,6,8,10-13,17,20H2,1-5H3. The third-order valence-electron chi connectivity index (χ3n) is 4.89. The van der Waals surface area contributed by atoms with Gasteiger partial charge in [-0.3, -0.25) is 19.2 Å². The molecule has 0 fully saturated rings.